The summed E-state index contributed by atoms with van der Waals surface area (Å²) in [5, 5.41) is 0. The molecule has 0 aliphatic carbocycles. The van der Waals surface area contributed by atoms with Crippen LogP contribution in [-0.2, 0) is 11.3 Å². The number of nitrogens with zero attached hydrogens (tertiary/aromatic N) is 1. The van der Waals surface area contributed by atoms with Crippen LogP contribution in [0.5, 0.6) is 0 Å². The molecule has 0 unspecified atom stereocenters. The standard InChI is InChI=1S/C14H15BrN2OS/c1-2-8-18-9-11-16-13(12(15)14(19)17-11)10-6-4-3-5-7-10/h3-7H,2,8-9H2,1H3,(H,16,17,19). The van der Waals surface area contributed by atoms with Crippen molar-refractivity contribution in [1.29, 1.82) is 0 Å². The second kappa shape index (κ2) is 6.93. The summed E-state index contributed by atoms with van der Waals surface area (Å²) in [6, 6.07) is 10.0. The van der Waals surface area contributed by atoms with Gasteiger partial charge in [0.2, 0.25) is 0 Å². The van der Waals surface area contributed by atoms with Crippen LogP contribution in [-0.4, -0.2) is 16.6 Å². The van der Waals surface area contributed by atoms with Crippen LogP contribution in [0.25, 0.3) is 11.3 Å². The van der Waals surface area contributed by atoms with Crippen molar-refractivity contribution >= 4 is 28.1 Å². The first-order chi connectivity index (χ1) is 9.22. The molecule has 19 heavy (non-hydrogen) atoms. The van der Waals surface area contributed by atoms with Crippen LogP contribution >= 0.6 is 28.1 Å². The van der Waals surface area contributed by atoms with E-state index in [4.69, 9.17) is 17.0 Å². The quantitative estimate of drug-likeness (QED) is 0.644. The average molecular weight is 339 g/mol. The molecule has 0 aliphatic rings. The van der Waals surface area contributed by atoms with E-state index in [-0.39, 0.29) is 0 Å². The Morgan fingerprint density at radius 1 is 1.32 bits per heavy atom. The number of halogens is 1. The van der Waals surface area contributed by atoms with Crippen molar-refractivity contribution in [2.45, 2.75) is 20.0 Å². The summed E-state index contributed by atoms with van der Waals surface area (Å²) in [4.78, 5) is 7.60. The number of aromatic amines is 1. The molecule has 1 heterocycles. The molecule has 0 fully saturated rings. The molecule has 0 aliphatic heterocycles. The Hall–Kier alpha value is -1.04. The van der Waals surface area contributed by atoms with Crippen molar-refractivity contribution in [1.82, 2.24) is 9.97 Å². The first kappa shape index (κ1) is 14.4. The Bertz CT molecular complexity index is 598. The summed E-state index contributed by atoms with van der Waals surface area (Å²) < 4.78 is 6.86. The lowest BCUT2D eigenvalue weighted by Crippen LogP contribution is -2.02. The highest BCUT2D eigenvalue weighted by Crippen LogP contribution is 2.26. The highest BCUT2D eigenvalue weighted by atomic mass is 79.9. The van der Waals surface area contributed by atoms with Crippen LogP contribution in [0.4, 0.5) is 0 Å². The summed E-state index contributed by atoms with van der Waals surface area (Å²) >= 11 is 8.77. The van der Waals surface area contributed by atoms with Gasteiger partial charge < -0.3 is 9.72 Å². The van der Waals surface area contributed by atoms with Crippen LogP contribution in [0, 0.1) is 4.64 Å². The monoisotopic (exact) mass is 338 g/mol. The fourth-order valence-corrected chi connectivity index (χ4v) is 2.32. The third kappa shape index (κ3) is 3.72. The van der Waals surface area contributed by atoms with Gasteiger partial charge >= 0.3 is 0 Å². The largest absolute Gasteiger partial charge is 0.374 e. The average Bonchev–Trinajstić information content (AvgIpc) is 2.44. The number of rotatable bonds is 5. The zero-order chi connectivity index (χ0) is 13.7. The van der Waals surface area contributed by atoms with Gasteiger partial charge in [-0.25, -0.2) is 4.98 Å². The van der Waals surface area contributed by atoms with E-state index in [1.54, 1.807) is 0 Å². The van der Waals surface area contributed by atoms with Crippen molar-refractivity contribution in [2.24, 2.45) is 0 Å². The minimum atomic E-state index is 0.449. The van der Waals surface area contributed by atoms with Crippen molar-refractivity contribution in [3.05, 3.63) is 45.3 Å². The lowest BCUT2D eigenvalue weighted by atomic mass is 10.1. The zero-order valence-corrected chi connectivity index (χ0v) is 13.1. The molecule has 5 heteroatoms. The maximum atomic E-state index is 5.50. The molecule has 2 aromatic rings. The number of aromatic nitrogens is 2. The minimum Gasteiger partial charge on any atom is -0.374 e. The molecular formula is C14H15BrN2OS. The van der Waals surface area contributed by atoms with Crippen LogP contribution in [0.3, 0.4) is 0 Å². The normalized spacial score (nSPS) is 10.6. The van der Waals surface area contributed by atoms with Gasteiger partial charge in [0, 0.05) is 6.61 Å². The van der Waals surface area contributed by atoms with Crippen molar-refractivity contribution in [2.75, 3.05) is 6.61 Å². The highest BCUT2D eigenvalue weighted by Gasteiger charge is 2.08. The van der Waals surface area contributed by atoms with E-state index in [0.29, 0.717) is 11.2 Å². The maximum absolute atomic E-state index is 5.50. The lowest BCUT2D eigenvalue weighted by molar-refractivity contribution is 0.116. The molecule has 3 nitrogen and oxygen atoms in total. The van der Waals surface area contributed by atoms with E-state index in [0.717, 1.165) is 34.6 Å². The molecule has 100 valence electrons. The Morgan fingerprint density at radius 2 is 2.05 bits per heavy atom. The summed E-state index contributed by atoms with van der Waals surface area (Å²) in [5.41, 5.74) is 2.01. The van der Waals surface area contributed by atoms with Gasteiger partial charge in [-0.2, -0.15) is 0 Å². The number of hydrogen-bond acceptors (Lipinski definition) is 3. The molecule has 1 aromatic heterocycles. The first-order valence-corrected chi connectivity index (χ1v) is 7.34. The van der Waals surface area contributed by atoms with Gasteiger partial charge in [-0.05, 0) is 27.9 Å². The van der Waals surface area contributed by atoms with Crippen LogP contribution < -0.4 is 0 Å². The molecular weight excluding hydrogens is 324 g/mol. The summed E-state index contributed by atoms with van der Waals surface area (Å²) in [6.07, 6.45) is 0.989. The van der Waals surface area contributed by atoms with Crippen molar-refractivity contribution in [3.63, 3.8) is 0 Å². The third-order valence-electron chi connectivity index (χ3n) is 2.56. The summed E-state index contributed by atoms with van der Waals surface area (Å²) in [7, 11) is 0. The van der Waals surface area contributed by atoms with Crippen LogP contribution in [0.1, 0.15) is 19.2 Å². The number of benzene rings is 1. The topological polar surface area (TPSA) is 37.9 Å². The maximum Gasteiger partial charge on any atom is 0.144 e. The zero-order valence-electron chi connectivity index (χ0n) is 10.6. The summed E-state index contributed by atoms with van der Waals surface area (Å²) in [5.74, 6) is 0.750. The van der Waals surface area contributed by atoms with Crippen molar-refractivity contribution < 1.29 is 4.74 Å². The number of ether oxygens (including phenoxy) is 1. The molecule has 1 N–H and O–H groups in total. The van der Waals surface area contributed by atoms with E-state index in [1.165, 1.54) is 0 Å². The molecule has 0 atom stereocenters. The van der Waals surface area contributed by atoms with Crippen LogP contribution in [0.2, 0.25) is 0 Å². The second-order valence-electron chi connectivity index (χ2n) is 4.10. The Kier molecular flexibility index (Phi) is 5.24. The number of hydrogen-bond donors (Lipinski definition) is 1. The summed E-state index contributed by atoms with van der Waals surface area (Å²) in [6.45, 7) is 3.25. The SMILES string of the molecule is CCCOCc1nc(=S)c(Br)c(-c2ccccc2)[nH]1. The molecule has 0 saturated heterocycles. The molecule has 0 radical (unpaired) electrons. The Labute approximate surface area is 126 Å². The minimum absolute atomic E-state index is 0.449. The molecule has 0 spiro atoms. The fourth-order valence-electron chi connectivity index (χ4n) is 1.69. The molecule has 0 saturated carbocycles. The predicted octanol–water partition coefficient (Wildman–Crippen LogP) is 4.50. The second-order valence-corrected chi connectivity index (χ2v) is 5.28. The van der Waals surface area contributed by atoms with Gasteiger partial charge in [0.25, 0.3) is 0 Å². The highest BCUT2D eigenvalue weighted by molar-refractivity contribution is 9.10. The molecule has 1 aromatic carbocycles. The van der Waals surface area contributed by atoms with E-state index >= 15 is 0 Å². The third-order valence-corrected chi connectivity index (χ3v) is 3.89. The number of nitrogens with one attached hydrogen (secondary N) is 1. The van der Waals surface area contributed by atoms with Gasteiger partial charge in [0.15, 0.2) is 0 Å². The van der Waals surface area contributed by atoms with Gasteiger partial charge in [-0.15, -0.1) is 0 Å². The van der Waals surface area contributed by atoms with Crippen LogP contribution in [0.15, 0.2) is 34.8 Å². The predicted molar refractivity (Wildman–Crippen MR) is 82.5 cm³/mol. The number of H-pyrrole nitrogens is 1. The van der Waals surface area contributed by atoms with Gasteiger partial charge in [0.1, 0.15) is 17.1 Å². The lowest BCUT2D eigenvalue weighted by Gasteiger charge is -2.09. The molecule has 0 bridgehead atoms. The van der Waals surface area contributed by atoms with E-state index < -0.39 is 0 Å². The molecule has 2 rings (SSSR count). The van der Waals surface area contributed by atoms with Gasteiger partial charge in [-0.1, -0.05) is 49.5 Å². The van der Waals surface area contributed by atoms with Crippen molar-refractivity contribution in [3.8, 4) is 11.3 Å². The molecule has 0 amide bonds. The van der Waals surface area contributed by atoms with E-state index in [9.17, 15) is 0 Å². The van der Waals surface area contributed by atoms with E-state index in [1.807, 2.05) is 30.3 Å². The Balaban J connectivity index is 2.35. The van der Waals surface area contributed by atoms with Gasteiger partial charge in [0.05, 0.1) is 10.2 Å². The van der Waals surface area contributed by atoms with E-state index in [2.05, 4.69) is 32.8 Å². The Morgan fingerprint density at radius 3 is 2.74 bits per heavy atom. The van der Waals surface area contributed by atoms with Gasteiger partial charge in [-0.3, -0.25) is 0 Å². The smallest absolute Gasteiger partial charge is 0.144 e. The first-order valence-electron chi connectivity index (χ1n) is 6.14. The fraction of sp³-hybridized carbons (Fsp3) is 0.286.